The molecule has 3 aromatic rings. The van der Waals surface area contributed by atoms with Crippen molar-refractivity contribution in [2.45, 2.75) is 5.75 Å². The molecule has 1 amide bonds. The van der Waals surface area contributed by atoms with Crippen LogP contribution < -0.4 is 0 Å². The van der Waals surface area contributed by atoms with E-state index in [2.05, 4.69) is 0 Å². The van der Waals surface area contributed by atoms with Gasteiger partial charge in [-0.05, 0) is 42.0 Å². The quantitative estimate of drug-likeness (QED) is 0.625. The first kappa shape index (κ1) is 20.3. The standard InChI is InChI=1S/C22H21FN2O4S/c23-19-8-6-18(7-9-19)20-10-11-21(29-20)22(26)24-12-14-25(15-13-24)30(27,28)16-17-4-2-1-3-5-17/h1-11H,12-16H2. The Kier molecular flexibility index (Phi) is 5.69. The number of rotatable bonds is 5. The van der Waals surface area contributed by atoms with E-state index in [9.17, 15) is 17.6 Å². The van der Waals surface area contributed by atoms with Gasteiger partial charge in [0, 0.05) is 31.7 Å². The number of benzene rings is 2. The van der Waals surface area contributed by atoms with Crippen LogP contribution in [0.15, 0.2) is 71.1 Å². The minimum atomic E-state index is -3.44. The average Bonchev–Trinajstić information content (AvgIpc) is 3.24. The van der Waals surface area contributed by atoms with Gasteiger partial charge in [-0.25, -0.2) is 12.8 Å². The molecule has 1 aliphatic heterocycles. The number of hydrogen-bond donors (Lipinski definition) is 0. The highest BCUT2D eigenvalue weighted by Gasteiger charge is 2.30. The van der Waals surface area contributed by atoms with Gasteiger partial charge in [0.2, 0.25) is 10.0 Å². The van der Waals surface area contributed by atoms with E-state index in [4.69, 9.17) is 4.42 Å². The summed E-state index contributed by atoms with van der Waals surface area (Å²) in [7, 11) is -3.44. The van der Waals surface area contributed by atoms with Crippen molar-refractivity contribution in [2.24, 2.45) is 0 Å². The lowest BCUT2D eigenvalue weighted by Gasteiger charge is -2.33. The summed E-state index contributed by atoms with van der Waals surface area (Å²) in [6.07, 6.45) is 0. The molecule has 0 radical (unpaired) electrons. The second kappa shape index (κ2) is 8.41. The van der Waals surface area contributed by atoms with Gasteiger partial charge < -0.3 is 9.32 Å². The van der Waals surface area contributed by atoms with Crippen LogP contribution in [-0.4, -0.2) is 49.7 Å². The lowest BCUT2D eigenvalue weighted by atomic mass is 10.2. The van der Waals surface area contributed by atoms with E-state index in [0.717, 1.165) is 5.56 Å². The zero-order chi connectivity index (χ0) is 21.1. The van der Waals surface area contributed by atoms with E-state index in [1.54, 1.807) is 41.3 Å². The first-order valence-corrected chi connectivity index (χ1v) is 11.2. The number of halogens is 1. The Morgan fingerprint density at radius 2 is 1.57 bits per heavy atom. The molecule has 6 nitrogen and oxygen atoms in total. The topological polar surface area (TPSA) is 70.8 Å². The van der Waals surface area contributed by atoms with Crippen LogP contribution in [0.5, 0.6) is 0 Å². The Balaban J connectivity index is 1.38. The van der Waals surface area contributed by atoms with Crippen molar-refractivity contribution < 1.29 is 22.0 Å². The Bertz CT molecular complexity index is 1120. The van der Waals surface area contributed by atoms with E-state index in [1.807, 2.05) is 18.2 Å². The van der Waals surface area contributed by atoms with Crippen molar-refractivity contribution in [3.05, 3.63) is 83.9 Å². The number of hydrogen-bond acceptors (Lipinski definition) is 4. The highest BCUT2D eigenvalue weighted by Crippen LogP contribution is 2.24. The van der Waals surface area contributed by atoms with E-state index in [0.29, 0.717) is 24.4 Å². The maximum Gasteiger partial charge on any atom is 0.289 e. The molecule has 0 atom stereocenters. The minimum Gasteiger partial charge on any atom is -0.451 e. The summed E-state index contributed by atoms with van der Waals surface area (Å²) in [6, 6.07) is 18.1. The SMILES string of the molecule is O=C(c1ccc(-c2ccc(F)cc2)o1)N1CCN(S(=O)(=O)Cc2ccccc2)CC1. The fraction of sp³-hybridized carbons (Fsp3) is 0.227. The van der Waals surface area contributed by atoms with Crippen LogP contribution in [0, 0.1) is 5.82 Å². The fourth-order valence-corrected chi connectivity index (χ4v) is 4.94. The monoisotopic (exact) mass is 428 g/mol. The van der Waals surface area contributed by atoms with Gasteiger partial charge in [-0.1, -0.05) is 30.3 Å². The molecule has 1 aliphatic rings. The largest absolute Gasteiger partial charge is 0.451 e. The second-order valence-corrected chi connectivity index (χ2v) is 9.07. The summed E-state index contributed by atoms with van der Waals surface area (Å²) in [5, 5.41) is 0. The molecule has 156 valence electrons. The molecule has 0 bridgehead atoms. The molecule has 0 N–H and O–H groups in total. The number of piperazine rings is 1. The Morgan fingerprint density at radius 1 is 0.900 bits per heavy atom. The van der Waals surface area contributed by atoms with E-state index < -0.39 is 10.0 Å². The maximum absolute atomic E-state index is 13.1. The average molecular weight is 428 g/mol. The van der Waals surface area contributed by atoms with Gasteiger partial charge in [0.05, 0.1) is 5.75 Å². The first-order chi connectivity index (χ1) is 14.4. The van der Waals surface area contributed by atoms with Crippen LogP contribution in [0.1, 0.15) is 16.1 Å². The summed E-state index contributed by atoms with van der Waals surface area (Å²) >= 11 is 0. The summed E-state index contributed by atoms with van der Waals surface area (Å²) in [5.74, 6) is -0.0384. The van der Waals surface area contributed by atoms with Crippen molar-refractivity contribution >= 4 is 15.9 Å². The molecule has 0 aliphatic carbocycles. The number of nitrogens with zero attached hydrogens (tertiary/aromatic N) is 2. The lowest BCUT2D eigenvalue weighted by Crippen LogP contribution is -2.50. The number of furan rings is 1. The zero-order valence-electron chi connectivity index (χ0n) is 16.2. The van der Waals surface area contributed by atoms with Gasteiger partial charge in [-0.15, -0.1) is 0 Å². The molecule has 30 heavy (non-hydrogen) atoms. The fourth-order valence-electron chi connectivity index (χ4n) is 3.42. The smallest absolute Gasteiger partial charge is 0.289 e. The van der Waals surface area contributed by atoms with Crippen LogP contribution in [0.3, 0.4) is 0 Å². The molecule has 8 heteroatoms. The van der Waals surface area contributed by atoms with Gasteiger partial charge in [-0.2, -0.15) is 4.31 Å². The Labute approximate surface area is 174 Å². The van der Waals surface area contributed by atoms with Gasteiger partial charge in [0.15, 0.2) is 5.76 Å². The van der Waals surface area contributed by atoms with Gasteiger partial charge >= 0.3 is 0 Å². The molecular formula is C22H21FN2O4S. The van der Waals surface area contributed by atoms with E-state index in [1.165, 1.54) is 16.4 Å². The predicted molar refractivity (Wildman–Crippen MR) is 111 cm³/mol. The van der Waals surface area contributed by atoms with Crippen molar-refractivity contribution in [1.82, 2.24) is 9.21 Å². The normalized spacial score (nSPS) is 15.3. The molecule has 4 rings (SSSR count). The van der Waals surface area contributed by atoms with Crippen LogP contribution in [-0.2, 0) is 15.8 Å². The van der Waals surface area contributed by atoms with Crippen molar-refractivity contribution in [1.29, 1.82) is 0 Å². The molecule has 1 fully saturated rings. The minimum absolute atomic E-state index is 0.0546. The van der Waals surface area contributed by atoms with Crippen LogP contribution in [0.4, 0.5) is 4.39 Å². The molecule has 0 saturated carbocycles. The highest BCUT2D eigenvalue weighted by molar-refractivity contribution is 7.88. The number of amides is 1. The highest BCUT2D eigenvalue weighted by atomic mass is 32.2. The van der Waals surface area contributed by atoms with Crippen molar-refractivity contribution in [2.75, 3.05) is 26.2 Å². The molecule has 1 saturated heterocycles. The first-order valence-electron chi connectivity index (χ1n) is 9.59. The number of carbonyl (C=O) groups excluding carboxylic acids is 1. The molecule has 1 aromatic heterocycles. The summed E-state index contributed by atoms with van der Waals surface area (Å²) in [5.41, 5.74) is 1.41. The molecule has 2 heterocycles. The third-order valence-corrected chi connectivity index (χ3v) is 6.91. The summed E-state index contributed by atoms with van der Waals surface area (Å²) in [6.45, 7) is 1.07. The summed E-state index contributed by atoms with van der Waals surface area (Å²) < 4.78 is 45.5. The Hall–Kier alpha value is -2.97. The number of carbonyl (C=O) groups is 1. The predicted octanol–water partition coefficient (Wildman–Crippen LogP) is 3.37. The third-order valence-electron chi connectivity index (χ3n) is 5.06. The maximum atomic E-state index is 13.1. The van der Waals surface area contributed by atoms with Crippen LogP contribution >= 0.6 is 0 Å². The molecule has 0 spiro atoms. The van der Waals surface area contributed by atoms with Crippen molar-refractivity contribution in [3.8, 4) is 11.3 Å². The third kappa shape index (κ3) is 4.44. The Morgan fingerprint density at radius 3 is 2.23 bits per heavy atom. The van der Waals surface area contributed by atoms with Gasteiger partial charge in [0.1, 0.15) is 11.6 Å². The van der Waals surface area contributed by atoms with Gasteiger partial charge in [0.25, 0.3) is 5.91 Å². The zero-order valence-corrected chi connectivity index (χ0v) is 17.0. The molecule has 2 aromatic carbocycles. The molecular weight excluding hydrogens is 407 g/mol. The number of sulfonamides is 1. The summed E-state index contributed by atoms with van der Waals surface area (Å²) in [4.78, 5) is 14.3. The molecule has 0 unspecified atom stereocenters. The van der Waals surface area contributed by atoms with Crippen LogP contribution in [0.2, 0.25) is 0 Å². The van der Waals surface area contributed by atoms with Crippen LogP contribution in [0.25, 0.3) is 11.3 Å². The lowest BCUT2D eigenvalue weighted by molar-refractivity contribution is 0.0667. The van der Waals surface area contributed by atoms with E-state index >= 15 is 0 Å². The second-order valence-electron chi connectivity index (χ2n) is 7.10. The van der Waals surface area contributed by atoms with Gasteiger partial charge in [-0.3, -0.25) is 4.79 Å². The van der Waals surface area contributed by atoms with E-state index in [-0.39, 0.29) is 36.3 Å². The van der Waals surface area contributed by atoms with Crippen molar-refractivity contribution in [3.63, 3.8) is 0 Å².